The first-order valence-electron chi connectivity index (χ1n) is 7.46. The predicted octanol–water partition coefficient (Wildman–Crippen LogP) is 6.02. The Balaban J connectivity index is 2.33. The highest BCUT2D eigenvalue weighted by Gasteiger charge is 2.41. The van der Waals surface area contributed by atoms with Gasteiger partial charge in [0.1, 0.15) is 22.9 Å². The lowest BCUT2D eigenvalue weighted by Crippen LogP contribution is -2.25. The van der Waals surface area contributed by atoms with Gasteiger partial charge in [0.2, 0.25) is 0 Å². The minimum atomic E-state index is -4.58. The Kier molecular flexibility index (Phi) is 5.94. The number of alkyl halides is 2. The third kappa shape index (κ3) is 4.36. The molecule has 0 aliphatic carbocycles. The summed E-state index contributed by atoms with van der Waals surface area (Å²) in [7, 11) is 0. The van der Waals surface area contributed by atoms with Gasteiger partial charge in [0, 0.05) is 12.1 Å². The van der Waals surface area contributed by atoms with E-state index in [2.05, 4.69) is 4.74 Å². The summed E-state index contributed by atoms with van der Waals surface area (Å²) in [6.45, 7) is 1.75. The molecule has 0 heterocycles. The monoisotopic (exact) mass is 378 g/mol. The van der Waals surface area contributed by atoms with E-state index in [4.69, 9.17) is 0 Å². The quantitative estimate of drug-likeness (QED) is 0.339. The van der Waals surface area contributed by atoms with E-state index >= 15 is 0 Å². The van der Waals surface area contributed by atoms with Crippen molar-refractivity contribution in [2.24, 2.45) is 0 Å². The molecule has 0 aliphatic heterocycles. The van der Waals surface area contributed by atoms with Gasteiger partial charge in [-0.3, -0.25) is 0 Å². The van der Waals surface area contributed by atoms with Crippen molar-refractivity contribution >= 4 is 0 Å². The molecule has 2 aromatic rings. The van der Waals surface area contributed by atoms with Crippen molar-refractivity contribution in [1.29, 1.82) is 0 Å². The first-order valence-corrected chi connectivity index (χ1v) is 7.46. The number of aryl methyl sites for hydroxylation is 1. The third-order valence-corrected chi connectivity index (χ3v) is 3.43. The second kappa shape index (κ2) is 7.80. The molecule has 0 saturated heterocycles. The molecule has 0 atom stereocenters. The molecule has 1 nitrogen and oxygen atoms in total. The summed E-state index contributed by atoms with van der Waals surface area (Å²) in [6, 6.07) is 1.75. The van der Waals surface area contributed by atoms with Gasteiger partial charge >= 0.3 is 6.11 Å². The third-order valence-electron chi connectivity index (χ3n) is 3.43. The number of ether oxygens (including phenoxy) is 1. The molecule has 26 heavy (non-hydrogen) atoms. The summed E-state index contributed by atoms with van der Waals surface area (Å²) in [6.07, 6.45) is -0.440. The van der Waals surface area contributed by atoms with Crippen LogP contribution in [-0.2, 0) is 12.5 Å². The summed E-state index contributed by atoms with van der Waals surface area (Å²) in [5.41, 5.74) is -1.56. The van der Waals surface area contributed by atoms with Gasteiger partial charge in [0.15, 0.2) is 17.5 Å². The summed E-state index contributed by atoms with van der Waals surface area (Å²) >= 11 is 0. The van der Waals surface area contributed by atoms with Crippen molar-refractivity contribution < 1.29 is 35.5 Å². The van der Waals surface area contributed by atoms with Crippen molar-refractivity contribution in [2.75, 3.05) is 0 Å². The first-order chi connectivity index (χ1) is 12.2. The molecule has 0 radical (unpaired) electrons. The Bertz CT molecular complexity index is 784. The van der Waals surface area contributed by atoms with E-state index in [9.17, 15) is 30.7 Å². The molecule has 0 fully saturated rings. The lowest BCUT2D eigenvalue weighted by Gasteiger charge is -2.20. The van der Waals surface area contributed by atoms with Crippen LogP contribution in [0.4, 0.5) is 30.7 Å². The van der Waals surface area contributed by atoms with Crippen LogP contribution >= 0.6 is 0 Å². The number of hydrogen-bond donors (Lipinski definition) is 0. The summed E-state index contributed by atoms with van der Waals surface area (Å²) in [4.78, 5) is 0. The van der Waals surface area contributed by atoms with Crippen LogP contribution in [0.25, 0.3) is 0 Å². The van der Waals surface area contributed by atoms with Crippen LogP contribution in [0.15, 0.2) is 36.4 Å². The van der Waals surface area contributed by atoms with Gasteiger partial charge in [-0.15, -0.1) is 0 Å². The number of benzene rings is 2. The van der Waals surface area contributed by atoms with Gasteiger partial charge in [0.25, 0.3) is 0 Å². The smallest absolute Gasteiger partial charge is 0.429 e. The van der Waals surface area contributed by atoms with Crippen LogP contribution in [0.5, 0.6) is 5.75 Å². The number of rotatable bonds is 6. The van der Waals surface area contributed by atoms with E-state index in [1.807, 2.05) is 0 Å². The predicted molar refractivity (Wildman–Crippen MR) is 80.3 cm³/mol. The fourth-order valence-electron chi connectivity index (χ4n) is 2.25. The second-order valence-corrected chi connectivity index (χ2v) is 5.36. The molecule has 0 amide bonds. The summed E-state index contributed by atoms with van der Waals surface area (Å²) in [5, 5.41) is 0. The maximum atomic E-state index is 14.1. The largest absolute Gasteiger partial charge is 0.432 e. The molecule has 8 heteroatoms. The van der Waals surface area contributed by atoms with Crippen LogP contribution < -0.4 is 4.74 Å². The molecular formula is C18H13F7O. The number of halogens is 7. The second-order valence-electron chi connectivity index (χ2n) is 5.36. The van der Waals surface area contributed by atoms with Gasteiger partial charge in [-0.25, -0.2) is 22.0 Å². The molecule has 0 bridgehead atoms. The molecule has 2 rings (SSSR count). The van der Waals surface area contributed by atoms with Crippen molar-refractivity contribution in [3.8, 4) is 5.75 Å². The Morgan fingerprint density at radius 2 is 1.42 bits per heavy atom. The molecule has 2 aromatic carbocycles. The molecular weight excluding hydrogens is 365 g/mol. The minimum absolute atomic E-state index is 0.146. The standard InChI is InChI=1S/C18H13F7O/c1-2-3-4-5-10-6-12(19)16(13(20)7-10)18(24,25)26-11-8-14(21)17(23)15(22)9-11/h2-3,6-9H,4-5H2,1H3/b3-2+. The lowest BCUT2D eigenvalue weighted by atomic mass is 10.0. The van der Waals surface area contributed by atoms with Gasteiger partial charge in [-0.1, -0.05) is 12.2 Å². The molecule has 0 aliphatic rings. The zero-order chi connectivity index (χ0) is 19.5. The Hall–Kier alpha value is -2.51. The van der Waals surface area contributed by atoms with Crippen molar-refractivity contribution in [3.63, 3.8) is 0 Å². The highest BCUT2D eigenvalue weighted by atomic mass is 19.3. The maximum Gasteiger partial charge on any atom is 0.432 e. The van der Waals surface area contributed by atoms with Crippen molar-refractivity contribution in [1.82, 2.24) is 0 Å². The minimum Gasteiger partial charge on any atom is -0.429 e. The van der Waals surface area contributed by atoms with Crippen LogP contribution in [0, 0.1) is 29.1 Å². The van der Waals surface area contributed by atoms with E-state index in [1.165, 1.54) is 0 Å². The maximum absolute atomic E-state index is 14.1. The van der Waals surface area contributed by atoms with E-state index in [0.29, 0.717) is 6.42 Å². The molecule has 140 valence electrons. The average molecular weight is 378 g/mol. The molecule has 0 spiro atoms. The molecule has 0 N–H and O–H groups in total. The number of allylic oxidation sites excluding steroid dienone is 2. The fraction of sp³-hybridized carbons (Fsp3) is 0.222. The summed E-state index contributed by atoms with van der Waals surface area (Å²) in [5.74, 6) is -9.72. The van der Waals surface area contributed by atoms with Gasteiger partial charge in [-0.2, -0.15) is 8.78 Å². The molecule has 0 aromatic heterocycles. The van der Waals surface area contributed by atoms with Crippen LogP contribution in [-0.4, -0.2) is 0 Å². The topological polar surface area (TPSA) is 9.23 Å². The fourth-order valence-corrected chi connectivity index (χ4v) is 2.25. The Labute approximate surface area is 144 Å². The van der Waals surface area contributed by atoms with Gasteiger partial charge in [0.05, 0.1) is 0 Å². The molecule has 0 saturated carbocycles. The van der Waals surface area contributed by atoms with Crippen molar-refractivity contribution in [3.05, 3.63) is 76.6 Å². The lowest BCUT2D eigenvalue weighted by molar-refractivity contribution is -0.189. The van der Waals surface area contributed by atoms with Crippen LogP contribution in [0.3, 0.4) is 0 Å². The van der Waals surface area contributed by atoms with Crippen LogP contribution in [0.2, 0.25) is 0 Å². The van der Waals surface area contributed by atoms with Gasteiger partial charge < -0.3 is 4.74 Å². The highest BCUT2D eigenvalue weighted by Crippen LogP contribution is 2.36. The van der Waals surface area contributed by atoms with E-state index < -0.39 is 46.5 Å². The van der Waals surface area contributed by atoms with Gasteiger partial charge in [-0.05, 0) is 37.5 Å². The van der Waals surface area contributed by atoms with Crippen LogP contribution in [0.1, 0.15) is 24.5 Å². The zero-order valence-corrected chi connectivity index (χ0v) is 13.4. The first kappa shape index (κ1) is 19.8. The Morgan fingerprint density at radius 1 is 0.885 bits per heavy atom. The average Bonchev–Trinajstić information content (AvgIpc) is 2.51. The molecule has 0 unspecified atom stereocenters. The zero-order valence-electron chi connectivity index (χ0n) is 13.4. The highest BCUT2D eigenvalue weighted by molar-refractivity contribution is 5.31. The van der Waals surface area contributed by atoms with E-state index in [-0.39, 0.29) is 24.1 Å². The SMILES string of the molecule is C/C=C/CCc1cc(F)c(C(F)(F)Oc2cc(F)c(F)c(F)c2)c(F)c1. The Morgan fingerprint density at radius 3 is 1.92 bits per heavy atom. The summed E-state index contributed by atoms with van der Waals surface area (Å²) < 4.78 is 99.3. The van der Waals surface area contributed by atoms with E-state index in [0.717, 1.165) is 12.1 Å². The number of hydrogen-bond acceptors (Lipinski definition) is 1. The van der Waals surface area contributed by atoms with E-state index in [1.54, 1.807) is 19.1 Å². The van der Waals surface area contributed by atoms with Crippen molar-refractivity contribution in [2.45, 2.75) is 25.9 Å². The normalized spacial score (nSPS) is 12.0.